The van der Waals surface area contributed by atoms with E-state index in [1.807, 2.05) is 13.8 Å². The summed E-state index contributed by atoms with van der Waals surface area (Å²) in [4.78, 5) is 11.8. The SMILES string of the molecule is CC(C)n1cc(S(=O)(=O)N2C[C@@H]3CCC[C@@]3(C(=O)O)C2)cn1. The molecule has 8 heteroatoms. The number of carboxylic acids is 1. The lowest BCUT2D eigenvalue weighted by Gasteiger charge is -2.23. The third-order valence-corrected chi connectivity index (χ3v) is 6.77. The Bertz CT molecular complexity index is 697. The summed E-state index contributed by atoms with van der Waals surface area (Å²) >= 11 is 0. The largest absolute Gasteiger partial charge is 0.481 e. The highest BCUT2D eigenvalue weighted by Crippen LogP contribution is 2.50. The molecule has 1 saturated carbocycles. The molecule has 2 aliphatic rings. The van der Waals surface area contributed by atoms with Gasteiger partial charge in [0, 0.05) is 25.3 Å². The fraction of sp³-hybridized carbons (Fsp3) is 0.714. The summed E-state index contributed by atoms with van der Waals surface area (Å²) in [6, 6.07) is 0.0762. The molecule has 122 valence electrons. The lowest BCUT2D eigenvalue weighted by atomic mass is 9.81. The van der Waals surface area contributed by atoms with E-state index in [1.165, 1.54) is 16.7 Å². The molecule has 0 aromatic carbocycles. The maximum Gasteiger partial charge on any atom is 0.311 e. The van der Waals surface area contributed by atoms with Crippen molar-refractivity contribution in [2.24, 2.45) is 11.3 Å². The Balaban J connectivity index is 1.89. The summed E-state index contributed by atoms with van der Waals surface area (Å²) in [5.41, 5.74) is -0.902. The van der Waals surface area contributed by atoms with Crippen LogP contribution >= 0.6 is 0 Å². The summed E-state index contributed by atoms with van der Waals surface area (Å²) in [5.74, 6) is -0.953. The van der Waals surface area contributed by atoms with Gasteiger partial charge in [-0.05, 0) is 32.6 Å². The Morgan fingerprint density at radius 2 is 2.23 bits per heavy atom. The minimum atomic E-state index is -3.68. The summed E-state index contributed by atoms with van der Waals surface area (Å²) in [5, 5.41) is 13.6. The molecule has 0 amide bonds. The highest BCUT2D eigenvalue weighted by molar-refractivity contribution is 7.89. The van der Waals surface area contributed by atoms with Crippen molar-refractivity contribution in [1.82, 2.24) is 14.1 Å². The Morgan fingerprint density at radius 3 is 2.77 bits per heavy atom. The summed E-state index contributed by atoms with van der Waals surface area (Å²) in [7, 11) is -3.68. The van der Waals surface area contributed by atoms with E-state index in [0.29, 0.717) is 13.0 Å². The molecule has 1 aliphatic carbocycles. The van der Waals surface area contributed by atoms with Gasteiger partial charge in [-0.3, -0.25) is 9.48 Å². The van der Waals surface area contributed by atoms with E-state index in [9.17, 15) is 18.3 Å². The van der Waals surface area contributed by atoms with E-state index in [-0.39, 0.29) is 23.4 Å². The molecular weight excluding hydrogens is 306 g/mol. The van der Waals surface area contributed by atoms with Crippen LogP contribution in [0.5, 0.6) is 0 Å². The standard InChI is InChI=1S/C14H21N3O4S/c1-10(2)17-8-12(6-15-17)22(20,21)16-7-11-4-3-5-14(11,9-16)13(18)19/h6,8,10-11H,3-5,7,9H2,1-2H3,(H,18,19)/t11-,14+/m0/s1. The van der Waals surface area contributed by atoms with Crippen LogP contribution in [-0.2, 0) is 14.8 Å². The molecule has 1 aromatic rings. The summed E-state index contributed by atoms with van der Waals surface area (Å²) in [6.07, 6.45) is 5.06. The molecule has 1 N–H and O–H groups in total. The van der Waals surface area contributed by atoms with Gasteiger partial charge in [0.25, 0.3) is 0 Å². The molecule has 1 saturated heterocycles. The number of nitrogens with zero attached hydrogens (tertiary/aromatic N) is 3. The number of sulfonamides is 1. The monoisotopic (exact) mass is 327 g/mol. The first-order valence-corrected chi connectivity index (χ1v) is 8.99. The van der Waals surface area contributed by atoms with Gasteiger partial charge in [-0.1, -0.05) is 6.42 Å². The minimum Gasteiger partial charge on any atom is -0.481 e. The third kappa shape index (κ3) is 2.16. The van der Waals surface area contributed by atoms with Crippen LogP contribution in [0.4, 0.5) is 0 Å². The number of hydrogen-bond acceptors (Lipinski definition) is 4. The number of carbonyl (C=O) groups is 1. The van der Waals surface area contributed by atoms with Crippen LogP contribution in [0.15, 0.2) is 17.3 Å². The van der Waals surface area contributed by atoms with Crippen molar-refractivity contribution in [2.45, 2.75) is 44.0 Å². The van der Waals surface area contributed by atoms with Crippen molar-refractivity contribution < 1.29 is 18.3 Å². The van der Waals surface area contributed by atoms with Gasteiger partial charge >= 0.3 is 5.97 Å². The van der Waals surface area contributed by atoms with Crippen molar-refractivity contribution in [2.75, 3.05) is 13.1 Å². The van der Waals surface area contributed by atoms with E-state index in [2.05, 4.69) is 5.10 Å². The molecular formula is C14H21N3O4S. The highest BCUT2D eigenvalue weighted by atomic mass is 32.2. The molecule has 0 spiro atoms. The number of fused-ring (bicyclic) bond motifs is 1. The van der Waals surface area contributed by atoms with E-state index >= 15 is 0 Å². The van der Waals surface area contributed by atoms with Crippen LogP contribution in [0.25, 0.3) is 0 Å². The van der Waals surface area contributed by atoms with E-state index in [1.54, 1.807) is 4.68 Å². The van der Waals surface area contributed by atoms with Crippen molar-refractivity contribution in [3.05, 3.63) is 12.4 Å². The first-order valence-electron chi connectivity index (χ1n) is 7.55. The van der Waals surface area contributed by atoms with Crippen LogP contribution in [-0.4, -0.2) is 46.7 Å². The lowest BCUT2D eigenvalue weighted by molar-refractivity contribution is -0.149. The Labute approximate surface area is 130 Å². The van der Waals surface area contributed by atoms with Crippen LogP contribution in [0.3, 0.4) is 0 Å². The number of rotatable bonds is 4. The summed E-state index contributed by atoms with van der Waals surface area (Å²) < 4.78 is 28.4. The summed E-state index contributed by atoms with van der Waals surface area (Å²) in [6.45, 7) is 4.20. The van der Waals surface area contributed by atoms with Crippen molar-refractivity contribution >= 4 is 16.0 Å². The average Bonchev–Trinajstić information content (AvgIpc) is 3.12. The van der Waals surface area contributed by atoms with Gasteiger partial charge in [0.05, 0.1) is 11.6 Å². The van der Waals surface area contributed by atoms with Crippen LogP contribution in [0.2, 0.25) is 0 Å². The smallest absolute Gasteiger partial charge is 0.311 e. The number of aromatic nitrogens is 2. The van der Waals surface area contributed by atoms with E-state index in [4.69, 9.17) is 0 Å². The lowest BCUT2D eigenvalue weighted by Crippen LogP contribution is -2.37. The van der Waals surface area contributed by atoms with E-state index in [0.717, 1.165) is 12.8 Å². The average molecular weight is 327 g/mol. The van der Waals surface area contributed by atoms with Crippen molar-refractivity contribution in [3.63, 3.8) is 0 Å². The van der Waals surface area contributed by atoms with Gasteiger partial charge in [0.1, 0.15) is 4.90 Å². The van der Waals surface area contributed by atoms with Crippen LogP contribution < -0.4 is 0 Å². The molecule has 2 heterocycles. The molecule has 0 unspecified atom stereocenters. The number of hydrogen-bond donors (Lipinski definition) is 1. The second kappa shape index (κ2) is 5.06. The van der Waals surface area contributed by atoms with Gasteiger partial charge in [-0.15, -0.1) is 0 Å². The topological polar surface area (TPSA) is 92.5 Å². The zero-order valence-corrected chi connectivity index (χ0v) is 13.6. The molecule has 2 atom stereocenters. The highest BCUT2D eigenvalue weighted by Gasteiger charge is 2.57. The van der Waals surface area contributed by atoms with Gasteiger partial charge in [-0.25, -0.2) is 8.42 Å². The fourth-order valence-electron chi connectivity index (χ4n) is 3.66. The van der Waals surface area contributed by atoms with Gasteiger partial charge in [0.2, 0.25) is 10.0 Å². The molecule has 1 aliphatic heterocycles. The zero-order valence-electron chi connectivity index (χ0n) is 12.8. The second-order valence-corrected chi connectivity index (χ2v) is 8.54. The second-order valence-electron chi connectivity index (χ2n) is 6.60. The predicted octanol–water partition coefficient (Wildman–Crippen LogP) is 1.34. The Hall–Kier alpha value is -1.41. The maximum atomic E-state index is 12.7. The van der Waals surface area contributed by atoms with Crippen molar-refractivity contribution in [3.8, 4) is 0 Å². The Kier molecular flexibility index (Phi) is 3.56. The molecule has 2 fully saturated rings. The molecule has 0 radical (unpaired) electrons. The normalized spacial score (nSPS) is 29.1. The third-order valence-electron chi connectivity index (χ3n) is 5.01. The molecule has 1 aromatic heterocycles. The predicted molar refractivity (Wildman–Crippen MR) is 78.8 cm³/mol. The molecule has 0 bridgehead atoms. The fourth-order valence-corrected chi connectivity index (χ4v) is 5.16. The minimum absolute atomic E-state index is 0.0716. The van der Waals surface area contributed by atoms with Crippen molar-refractivity contribution in [1.29, 1.82) is 0 Å². The van der Waals surface area contributed by atoms with Gasteiger partial charge in [0.15, 0.2) is 0 Å². The molecule has 3 rings (SSSR count). The maximum absolute atomic E-state index is 12.7. The van der Waals surface area contributed by atoms with Gasteiger partial charge in [-0.2, -0.15) is 9.40 Å². The van der Waals surface area contributed by atoms with Crippen LogP contribution in [0, 0.1) is 11.3 Å². The first kappa shape index (κ1) is 15.5. The zero-order chi connectivity index (χ0) is 16.1. The molecule has 7 nitrogen and oxygen atoms in total. The van der Waals surface area contributed by atoms with Crippen LogP contribution in [0.1, 0.15) is 39.2 Å². The van der Waals surface area contributed by atoms with Gasteiger partial charge < -0.3 is 5.11 Å². The first-order chi connectivity index (χ1) is 10.3. The number of carboxylic acid groups (broad SMARTS) is 1. The quantitative estimate of drug-likeness (QED) is 0.901. The molecule has 22 heavy (non-hydrogen) atoms. The van der Waals surface area contributed by atoms with E-state index < -0.39 is 21.4 Å². The Morgan fingerprint density at radius 1 is 1.50 bits per heavy atom. The number of aliphatic carboxylic acids is 1.